The molecule has 0 N–H and O–H groups in total. The Morgan fingerprint density at radius 3 is 2.68 bits per heavy atom. The van der Waals surface area contributed by atoms with Crippen LogP contribution in [0.25, 0.3) is 0 Å². The minimum Gasteiger partial charge on any atom is -0.493 e. The quantitative estimate of drug-likeness (QED) is 0.733. The number of aromatic nitrogens is 1. The van der Waals surface area contributed by atoms with Gasteiger partial charge in [0.05, 0.1) is 7.11 Å². The van der Waals surface area contributed by atoms with E-state index >= 15 is 0 Å². The first kappa shape index (κ1) is 16.3. The van der Waals surface area contributed by atoms with Crippen LogP contribution in [-0.2, 0) is 10.3 Å². The molecule has 0 saturated heterocycles. The standard InChI is InChI=1S/C17H19NO3S/c1-5-10-21-14-8-7-13(12-15(14)19-3)17(6-2,20-4)16-18-9-11-22-16/h1,7-9,11-12H,6,10H2,2-4H3. The average molecular weight is 317 g/mol. The van der Waals surface area contributed by atoms with Crippen LogP contribution in [0.3, 0.4) is 0 Å². The predicted octanol–water partition coefficient (Wildman–Crippen LogP) is 3.46. The molecule has 0 bridgehead atoms. The summed E-state index contributed by atoms with van der Waals surface area (Å²) < 4.78 is 16.8. The fraction of sp³-hybridized carbons (Fsp3) is 0.353. The summed E-state index contributed by atoms with van der Waals surface area (Å²) in [5, 5.41) is 2.86. The van der Waals surface area contributed by atoms with Gasteiger partial charge in [-0.2, -0.15) is 0 Å². The van der Waals surface area contributed by atoms with Crippen LogP contribution >= 0.6 is 11.3 Å². The molecule has 0 aliphatic carbocycles. The lowest BCUT2D eigenvalue weighted by molar-refractivity contribution is 0.0182. The highest BCUT2D eigenvalue weighted by molar-refractivity contribution is 7.09. The Labute approximate surface area is 135 Å². The van der Waals surface area contributed by atoms with Crippen molar-refractivity contribution in [3.05, 3.63) is 40.3 Å². The van der Waals surface area contributed by atoms with Crippen molar-refractivity contribution in [1.82, 2.24) is 4.98 Å². The van der Waals surface area contributed by atoms with Crippen molar-refractivity contribution >= 4 is 11.3 Å². The van der Waals surface area contributed by atoms with Gasteiger partial charge in [-0.05, 0) is 24.1 Å². The molecular weight excluding hydrogens is 298 g/mol. The lowest BCUT2D eigenvalue weighted by Crippen LogP contribution is -2.29. The van der Waals surface area contributed by atoms with Crippen LogP contribution in [0, 0.1) is 12.3 Å². The van der Waals surface area contributed by atoms with Gasteiger partial charge in [0.1, 0.15) is 17.2 Å². The van der Waals surface area contributed by atoms with E-state index in [0.29, 0.717) is 11.5 Å². The normalized spacial score (nSPS) is 13.2. The van der Waals surface area contributed by atoms with Crippen molar-refractivity contribution < 1.29 is 14.2 Å². The van der Waals surface area contributed by atoms with Crippen molar-refractivity contribution in [3.63, 3.8) is 0 Å². The maximum atomic E-state index is 5.86. The van der Waals surface area contributed by atoms with Crippen LogP contribution in [0.2, 0.25) is 0 Å². The number of hydrogen-bond acceptors (Lipinski definition) is 5. The molecular formula is C17H19NO3S. The molecule has 1 aromatic heterocycles. The topological polar surface area (TPSA) is 40.6 Å². The molecule has 0 spiro atoms. The van der Waals surface area contributed by atoms with E-state index in [0.717, 1.165) is 17.0 Å². The van der Waals surface area contributed by atoms with Gasteiger partial charge >= 0.3 is 0 Å². The Morgan fingerprint density at radius 2 is 2.14 bits per heavy atom. The summed E-state index contributed by atoms with van der Waals surface area (Å²) in [5.41, 5.74) is 0.379. The second kappa shape index (κ2) is 7.30. The first-order chi connectivity index (χ1) is 10.7. The molecule has 5 heteroatoms. The van der Waals surface area contributed by atoms with Crippen LogP contribution in [0.15, 0.2) is 29.8 Å². The van der Waals surface area contributed by atoms with E-state index in [1.807, 2.05) is 23.6 Å². The highest BCUT2D eigenvalue weighted by Crippen LogP contribution is 2.41. The van der Waals surface area contributed by atoms with Crippen molar-refractivity contribution in [3.8, 4) is 23.8 Å². The minimum atomic E-state index is -0.591. The molecule has 2 rings (SSSR count). The maximum Gasteiger partial charge on any atom is 0.162 e. The molecule has 1 atom stereocenters. The summed E-state index contributed by atoms with van der Waals surface area (Å²) in [5.74, 6) is 3.69. The highest BCUT2D eigenvalue weighted by atomic mass is 32.1. The minimum absolute atomic E-state index is 0.200. The molecule has 4 nitrogen and oxygen atoms in total. The molecule has 0 saturated carbocycles. The molecule has 22 heavy (non-hydrogen) atoms. The maximum absolute atomic E-state index is 5.86. The molecule has 1 heterocycles. The van der Waals surface area contributed by atoms with Crippen LogP contribution in [-0.4, -0.2) is 25.8 Å². The second-order valence-electron chi connectivity index (χ2n) is 4.58. The van der Waals surface area contributed by atoms with Gasteiger partial charge < -0.3 is 14.2 Å². The van der Waals surface area contributed by atoms with Gasteiger partial charge in [0.25, 0.3) is 0 Å². The van der Waals surface area contributed by atoms with E-state index in [1.165, 1.54) is 0 Å². The van der Waals surface area contributed by atoms with Crippen molar-refractivity contribution in [1.29, 1.82) is 0 Å². The van der Waals surface area contributed by atoms with E-state index < -0.39 is 5.60 Å². The molecule has 116 valence electrons. The fourth-order valence-electron chi connectivity index (χ4n) is 2.41. The summed E-state index contributed by atoms with van der Waals surface area (Å²) in [4.78, 5) is 4.43. The number of benzene rings is 1. The molecule has 0 radical (unpaired) electrons. The molecule has 0 fully saturated rings. The molecule has 1 unspecified atom stereocenters. The molecule has 2 aromatic rings. The van der Waals surface area contributed by atoms with E-state index in [9.17, 15) is 0 Å². The molecule has 0 aliphatic rings. The molecule has 0 aliphatic heterocycles. The van der Waals surface area contributed by atoms with E-state index in [2.05, 4.69) is 17.8 Å². The fourth-order valence-corrected chi connectivity index (χ4v) is 3.32. The third kappa shape index (κ3) is 2.94. The summed E-state index contributed by atoms with van der Waals surface area (Å²) in [6.45, 7) is 2.27. The number of methoxy groups -OCH3 is 2. The lowest BCUT2D eigenvalue weighted by Gasteiger charge is -2.30. The number of rotatable bonds is 7. The van der Waals surface area contributed by atoms with Crippen LogP contribution in [0.4, 0.5) is 0 Å². The van der Waals surface area contributed by atoms with Crippen molar-refractivity contribution in [2.45, 2.75) is 18.9 Å². The van der Waals surface area contributed by atoms with Crippen LogP contribution in [0.1, 0.15) is 23.9 Å². The summed E-state index contributed by atoms with van der Waals surface area (Å²) in [6, 6.07) is 5.73. The van der Waals surface area contributed by atoms with Gasteiger partial charge in [0.15, 0.2) is 11.5 Å². The molecule has 1 aromatic carbocycles. The van der Waals surface area contributed by atoms with Gasteiger partial charge in [-0.3, -0.25) is 0 Å². The third-order valence-corrected chi connectivity index (χ3v) is 4.48. The summed E-state index contributed by atoms with van der Waals surface area (Å²) in [7, 11) is 3.30. The summed E-state index contributed by atoms with van der Waals surface area (Å²) in [6.07, 6.45) is 7.77. The zero-order valence-electron chi connectivity index (χ0n) is 13.0. The monoisotopic (exact) mass is 317 g/mol. The predicted molar refractivity (Wildman–Crippen MR) is 87.5 cm³/mol. The van der Waals surface area contributed by atoms with E-state index in [-0.39, 0.29) is 6.61 Å². The number of hydrogen-bond donors (Lipinski definition) is 0. The number of ether oxygens (including phenoxy) is 3. The second-order valence-corrected chi connectivity index (χ2v) is 5.47. The molecule has 0 amide bonds. The number of nitrogens with zero attached hydrogens (tertiary/aromatic N) is 1. The van der Waals surface area contributed by atoms with Gasteiger partial charge in [-0.25, -0.2) is 4.98 Å². The largest absolute Gasteiger partial charge is 0.493 e. The van der Waals surface area contributed by atoms with Crippen LogP contribution < -0.4 is 9.47 Å². The zero-order chi connectivity index (χ0) is 16.0. The van der Waals surface area contributed by atoms with Gasteiger partial charge in [0, 0.05) is 18.7 Å². The Balaban J connectivity index is 2.48. The van der Waals surface area contributed by atoms with E-state index in [4.69, 9.17) is 20.6 Å². The first-order valence-electron chi connectivity index (χ1n) is 6.91. The van der Waals surface area contributed by atoms with Gasteiger partial charge in [-0.1, -0.05) is 18.9 Å². The Morgan fingerprint density at radius 1 is 1.32 bits per heavy atom. The van der Waals surface area contributed by atoms with Gasteiger partial charge in [0.2, 0.25) is 0 Å². The van der Waals surface area contributed by atoms with E-state index in [1.54, 1.807) is 31.8 Å². The third-order valence-electron chi connectivity index (χ3n) is 3.57. The lowest BCUT2D eigenvalue weighted by atomic mass is 9.91. The Hall–Kier alpha value is -2.03. The number of thiazole rings is 1. The van der Waals surface area contributed by atoms with Crippen molar-refractivity contribution in [2.24, 2.45) is 0 Å². The Kier molecular flexibility index (Phi) is 5.42. The number of terminal acetylenes is 1. The van der Waals surface area contributed by atoms with Crippen molar-refractivity contribution in [2.75, 3.05) is 20.8 Å². The Bertz CT molecular complexity index is 642. The zero-order valence-corrected chi connectivity index (χ0v) is 13.8. The smallest absolute Gasteiger partial charge is 0.162 e. The SMILES string of the molecule is C#CCOc1ccc(C(CC)(OC)c2nccs2)cc1OC. The average Bonchev–Trinajstić information content (AvgIpc) is 3.10. The van der Waals surface area contributed by atoms with Crippen LogP contribution in [0.5, 0.6) is 11.5 Å². The summed E-state index contributed by atoms with van der Waals surface area (Å²) >= 11 is 1.57. The highest BCUT2D eigenvalue weighted by Gasteiger charge is 2.35. The first-order valence-corrected chi connectivity index (χ1v) is 7.79. The van der Waals surface area contributed by atoms with Gasteiger partial charge in [-0.15, -0.1) is 17.8 Å².